The summed E-state index contributed by atoms with van der Waals surface area (Å²) in [6.45, 7) is 5.04. The van der Waals surface area contributed by atoms with Gasteiger partial charge < -0.3 is 54.7 Å². The first-order valence-electron chi connectivity index (χ1n) is 11.9. The number of aliphatic hydroxyl groups is 7. The van der Waals surface area contributed by atoms with E-state index in [2.05, 4.69) is 0 Å². The first-order chi connectivity index (χ1) is 16.8. The predicted octanol–water partition coefficient (Wildman–Crippen LogP) is -2.11. The molecule has 0 amide bonds. The summed E-state index contributed by atoms with van der Waals surface area (Å²) in [6, 6.07) is 0. The number of ether oxygens (including phenoxy) is 4. The van der Waals surface area contributed by atoms with Crippen molar-refractivity contribution in [3.8, 4) is 0 Å². The molecule has 12 heteroatoms. The van der Waals surface area contributed by atoms with Crippen LogP contribution in [0.1, 0.15) is 34.1 Å². The van der Waals surface area contributed by atoms with Crippen LogP contribution in [0.3, 0.4) is 0 Å². The normalized spacial score (nSPS) is 41.9. The van der Waals surface area contributed by atoms with Crippen molar-refractivity contribution in [2.45, 2.75) is 95.0 Å². The van der Waals surface area contributed by atoms with Crippen molar-refractivity contribution in [3.05, 3.63) is 23.3 Å². The molecule has 0 aromatic carbocycles. The Bertz CT molecular complexity index is 856. The molecular weight excluding hydrogens is 480 g/mol. The molecule has 3 aliphatic rings. The minimum atomic E-state index is -1.97. The summed E-state index contributed by atoms with van der Waals surface area (Å²) in [5.41, 5.74) is -1.06. The van der Waals surface area contributed by atoms with Gasteiger partial charge in [0.05, 0.1) is 25.9 Å². The van der Waals surface area contributed by atoms with Crippen LogP contribution in [0.2, 0.25) is 0 Å². The molecule has 2 aliphatic heterocycles. The average molecular weight is 519 g/mol. The molecule has 0 aromatic heterocycles. The smallest absolute Gasteiger partial charge is 0.187 e. The van der Waals surface area contributed by atoms with E-state index in [0.717, 1.165) is 5.57 Å². The Morgan fingerprint density at radius 1 is 1.19 bits per heavy atom. The highest BCUT2D eigenvalue weighted by molar-refractivity contribution is 5.87. The minimum absolute atomic E-state index is 0.149. The van der Waals surface area contributed by atoms with Crippen molar-refractivity contribution in [1.29, 1.82) is 0 Å². The van der Waals surface area contributed by atoms with Gasteiger partial charge in [0.2, 0.25) is 0 Å². The molecule has 0 radical (unpaired) electrons. The maximum absolute atomic E-state index is 11.5. The van der Waals surface area contributed by atoms with Gasteiger partial charge in [-0.2, -0.15) is 0 Å². The van der Waals surface area contributed by atoms with E-state index < -0.39 is 86.1 Å². The molecule has 10 atom stereocenters. The van der Waals surface area contributed by atoms with Gasteiger partial charge in [-0.3, -0.25) is 4.79 Å². The highest BCUT2D eigenvalue weighted by atomic mass is 16.8. The molecule has 0 spiro atoms. The van der Waals surface area contributed by atoms with Crippen LogP contribution < -0.4 is 0 Å². The molecule has 0 saturated carbocycles. The van der Waals surface area contributed by atoms with Crippen molar-refractivity contribution >= 4 is 5.78 Å². The lowest BCUT2D eigenvalue weighted by atomic mass is 9.70. The van der Waals surface area contributed by atoms with Crippen LogP contribution in [-0.2, 0) is 23.7 Å². The van der Waals surface area contributed by atoms with Crippen LogP contribution in [0.5, 0.6) is 0 Å². The lowest BCUT2D eigenvalue weighted by Crippen LogP contribution is -2.50. The summed E-state index contributed by atoms with van der Waals surface area (Å²) in [5.74, 6) is -0.149. The summed E-state index contributed by atoms with van der Waals surface area (Å²) in [6.07, 6.45) is -8.83. The molecule has 36 heavy (non-hydrogen) atoms. The van der Waals surface area contributed by atoms with Crippen LogP contribution in [0.4, 0.5) is 0 Å². The van der Waals surface area contributed by atoms with Crippen molar-refractivity contribution in [1.82, 2.24) is 0 Å². The third-order valence-corrected chi connectivity index (χ3v) is 7.09. The molecule has 2 saturated heterocycles. The van der Waals surface area contributed by atoms with Gasteiger partial charge in [-0.1, -0.05) is 19.9 Å². The molecule has 206 valence electrons. The second kappa shape index (κ2) is 11.2. The SMILES string of the molecule is CC(=O)/C=C/C1=C(C)[C@H](O[C@H]2O[C@H]([C@H](O)CO)[C@H](O)[C@H]2O[C@@H]2OC[C@](O)(CO)[C@H]2O)[C@H](O)CC1(C)C. The molecule has 2 heterocycles. The maximum Gasteiger partial charge on any atom is 0.187 e. The lowest BCUT2D eigenvalue weighted by molar-refractivity contribution is -0.257. The minimum Gasteiger partial charge on any atom is -0.394 e. The van der Waals surface area contributed by atoms with Gasteiger partial charge in [-0.25, -0.2) is 0 Å². The van der Waals surface area contributed by atoms with Crippen LogP contribution in [0.15, 0.2) is 23.3 Å². The van der Waals surface area contributed by atoms with Gasteiger partial charge >= 0.3 is 0 Å². The zero-order chi connectivity index (χ0) is 27.0. The van der Waals surface area contributed by atoms with Gasteiger partial charge in [-0.05, 0) is 42.9 Å². The summed E-state index contributed by atoms with van der Waals surface area (Å²) in [7, 11) is 0. The third kappa shape index (κ3) is 5.74. The quantitative estimate of drug-likeness (QED) is 0.164. The largest absolute Gasteiger partial charge is 0.394 e. The second-order valence-corrected chi connectivity index (χ2v) is 10.4. The van der Waals surface area contributed by atoms with E-state index >= 15 is 0 Å². The number of carbonyl (C=O) groups excluding carboxylic acids is 1. The molecule has 0 aromatic rings. The predicted molar refractivity (Wildman–Crippen MR) is 122 cm³/mol. The molecule has 0 unspecified atom stereocenters. The molecule has 12 nitrogen and oxygen atoms in total. The first-order valence-corrected chi connectivity index (χ1v) is 11.9. The molecule has 0 bridgehead atoms. The van der Waals surface area contributed by atoms with Crippen molar-refractivity contribution in [2.24, 2.45) is 5.41 Å². The van der Waals surface area contributed by atoms with Crippen molar-refractivity contribution in [3.63, 3.8) is 0 Å². The molecule has 3 rings (SSSR count). The Balaban J connectivity index is 1.89. The number of hydrogen-bond acceptors (Lipinski definition) is 12. The number of rotatable bonds is 9. The van der Waals surface area contributed by atoms with E-state index in [0.29, 0.717) is 5.57 Å². The Hall–Kier alpha value is -1.29. The molecular formula is C24H38O12. The second-order valence-electron chi connectivity index (χ2n) is 10.4. The number of ketones is 1. The van der Waals surface area contributed by atoms with Crippen LogP contribution in [0.25, 0.3) is 0 Å². The summed E-state index contributed by atoms with van der Waals surface area (Å²) < 4.78 is 22.7. The molecule has 7 N–H and O–H groups in total. The summed E-state index contributed by atoms with van der Waals surface area (Å²) >= 11 is 0. The Morgan fingerprint density at radius 3 is 2.42 bits per heavy atom. The van der Waals surface area contributed by atoms with E-state index in [4.69, 9.17) is 18.9 Å². The third-order valence-electron chi connectivity index (χ3n) is 7.09. The van der Waals surface area contributed by atoms with E-state index in [1.807, 2.05) is 13.8 Å². The van der Waals surface area contributed by atoms with Crippen LogP contribution in [-0.4, -0.2) is 122 Å². The van der Waals surface area contributed by atoms with Gasteiger partial charge in [0, 0.05) is 0 Å². The number of aliphatic hydroxyl groups excluding tert-OH is 6. The fourth-order valence-corrected chi connectivity index (χ4v) is 5.01. The number of allylic oxidation sites excluding steroid dienone is 3. The summed E-state index contributed by atoms with van der Waals surface area (Å²) in [4.78, 5) is 11.5. The molecule has 1 aliphatic carbocycles. The Morgan fingerprint density at radius 2 is 1.86 bits per heavy atom. The standard InChI is InChI=1S/C24H38O12/c1-11(27)5-6-13-12(2)17(14(28)7-23(13,3)4)34-21-19(16(30)18(35-21)15(29)8-25)36-22-20(31)24(32,9-26)10-33-22/h5-6,14-22,25-26,28-32H,7-10H2,1-4H3/b6-5+/t14-,15-,16+,17+,18-,19-,20+,21+,22+,24-/m1/s1. The fraction of sp³-hybridized carbons (Fsp3) is 0.792. The van der Waals surface area contributed by atoms with Crippen molar-refractivity contribution < 1.29 is 59.5 Å². The van der Waals surface area contributed by atoms with Crippen LogP contribution >= 0.6 is 0 Å². The van der Waals surface area contributed by atoms with E-state index in [1.54, 1.807) is 13.0 Å². The van der Waals surface area contributed by atoms with E-state index in [1.165, 1.54) is 13.0 Å². The van der Waals surface area contributed by atoms with Crippen molar-refractivity contribution in [2.75, 3.05) is 19.8 Å². The van der Waals surface area contributed by atoms with Crippen LogP contribution in [0, 0.1) is 5.41 Å². The van der Waals surface area contributed by atoms with Gasteiger partial charge in [0.25, 0.3) is 0 Å². The summed E-state index contributed by atoms with van der Waals surface area (Å²) in [5, 5.41) is 71.3. The maximum atomic E-state index is 11.5. The fourth-order valence-electron chi connectivity index (χ4n) is 5.01. The first kappa shape index (κ1) is 29.3. The number of hydrogen-bond donors (Lipinski definition) is 7. The zero-order valence-corrected chi connectivity index (χ0v) is 20.9. The molecule has 2 fully saturated rings. The lowest BCUT2D eigenvalue weighted by Gasteiger charge is -2.41. The monoisotopic (exact) mass is 518 g/mol. The average Bonchev–Trinajstić information content (AvgIpc) is 3.27. The van der Waals surface area contributed by atoms with Gasteiger partial charge in [0.1, 0.15) is 42.2 Å². The van der Waals surface area contributed by atoms with Gasteiger partial charge in [-0.15, -0.1) is 0 Å². The number of carbonyl (C=O) groups is 1. The highest BCUT2D eigenvalue weighted by Crippen LogP contribution is 2.43. The zero-order valence-electron chi connectivity index (χ0n) is 20.9. The van der Waals surface area contributed by atoms with E-state index in [9.17, 15) is 40.5 Å². The Kier molecular flexibility index (Phi) is 9.12. The van der Waals surface area contributed by atoms with Gasteiger partial charge in [0.15, 0.2) is 18.4 Å². The highest BCUT2D eigenvalue weighted by Gasteiger charge is 2.55. The topological polar surface area (TPSA) is 196 Å². The van der Waals surface area contributed by atoms with E-state index in [-0.39, 0.29) is 12.2 Å². The Labute approximate surface area is 209 Å².